The van der Waals surface area contributed by atoms with Crippen LogP contribution in [0, 0.1) is 0 Å². The molecule has 1 saturated heterocycles. The maximum atomic E-state index is 13.1. The van der Waals surface area contributed by atoms with Crippen molar-refractivity contribution in [3.63, 3.8) is 0 Å². The topological polar surface area (TPSA) is 35.5 Å². The molecule has 1 aliphatic rings. The fourth-order valence-electron chi connectivity index (χ4n) is 2.42. The molecule has 1 aliphatic heterocycles. The molecule has 17 heavy (non-hydrogen) atoms. The largest absolute Gasteiger partial charge is 0.641 e. The van der Waals surface area contributed by atoms with Crippen molar-refractivity contribution in [3.05, 3.63) is 0 Å². The highest BCUT2D eigenvalue weighted by Crippen LogP contribution is 2.64. The smallest absolute Gasteiger partial charge is 0.176 e. The van der Waals surface area contributed by atoms with Gasteiger partial charge < -0.3 is 4.89 Å². The quantitative estimate of drug-likeness (QED) is 0.713. The van der Waals surface area contributed by atoms with Crippen molar-refractivity contribution >= 4 is 7.87 Å². The average Bonchev–Trinajstić information content (AvgIpc) is 2.25. The lowest BCUT2D eigenvalue weighted by molar-refractivity contribution is -0.220. The third-order valence-electron chi connectivity index (χ3n) is 3.58. The Morgan fingerprint density at radius 3 is 2.59 bits per heavy atom. The lowest BCUT2D eigenvalue weighted by Gasteiger charge is -2.48. The normalized spacial score (nSPS) is 33.0. The van der Waals surface area contributed by atoms with Crippen LogP contribution in [0.4, 0.5) is 0 Å². The second kappa shape index (κ2) is 6.47. The highest BCUT2D eigenvalue weighted by atomic mass is 31.2. The summed E-state index contributed by atoms with van der Waals surface area (Å²) in [5, 5.41) is 0. The molecule has 4 heteroatoms. The van der Waals surface area contributed by atoms with Crippen LogP contribution < -0.4 is 4.89 Å². The highest BCUT2D eigenvalue weighted by molar-refractivity contribution is 7.62. The summed E-state index contributed by atoms with van der Waals surface area (Å²) in [6.07, 6.45) is 4.42. The Bertz CT molecular complexity index is 237. The van der Waals surface area contributed by atoms with E-state index in [0.29, 0.717) is 6.04 Å². The lowest BCUT2D eigenvalue weighted by atomic mass is 10.2. The molecule has 0 aromatic carbocycles. The molecule has 1 fully saturated rings. The summed E-state index contributed by atoms with van der Waals surface area (Å²) in [6, 6.07) is 0.303. The van der Waals surface area contributed by atoms with Gasteiger partial charge in [0, 0.05) is 12.6 Å². The van der Waals surface area contributed by atoms with Crippen molar-refractivity contribution < 1.29 is 9.42 Å². The van der Waals surface area contributed by atoms with Crippen LogP contribution in [-0.4, -0.2) is 29.0 Å². The van der Waals surface area contributed by atoms with Gasteiger partial charge in [-0.3, -0.25) is 0 Å². The van der Waals surface area contributed by atoms with Gasteiger partial charge in [0.15, 0.2) is 7.87 Å². The van der Waals surface area contributed by atoms with Crippen LogP contribution in [0.5, 0.6) is 0 Å². The van der Waals surface area contributed by atoms with Crippen molar-refractivity contribution in [1.29, 1.82) is 0 Å². The molecule has 0 aromatic heterocycles. The standard InChI is InChI=1S/C13H28NO2P/c1-6-7-8-13(5)17(15)14(11(2)3)10-9-12(4)16-17/h11-13H,6-10H2,1-5H3/t12-,13-,17?/m0/s1. The second-order valence-electron chi connectivity index (χ2n) is 5.52. The van der Waals surface area contributed by atoms with Gasteiger partial charge in [0.25, 0.3) is 0 Å². The van der Waals surface area contributed by atoms with Gasteiger partial charge in [-0.05, 0) is 47.0 Å². The van der Waals surface area contributed by atoms with Gasteiger partial charge in [0.2, 0.25) is 0 Å². The molecule has 0 radical (unpaired) electrons. The van der Waals surface area contributed by atoms with Crippen LogP contribution in [0.15, 0.2) is 0 Å². The van der Waals surface area contributed by atoms with Gasteiger partial charge in [0.05, 0.1) is 0 Å². The van der Waals surface area contributed by atoms with Crippen LogP contribution in [0.1, 0.15) is 60.3 Å². The number of hydrogen-bond donors (Lipinski definition) is 0. The van der Waals surface area contributed by atoms with Gasteiger partial charge >= 0.3 is 0 Å². The van der Waals surface area contributed by atoms with Gasteiger partial charge in [-0.15, -0.1) is 0 Å². The summed E-state index contributed by atoms with van der Waals surface area (Å²) in [5.41, 5.74) is 0.160. The maximum Gasteiger partial charge on any atom is 0.176 e. The lowest BCUT2D eigenvalue weighted by Crippen LogP contribution is -2.47. The average molecular weight is 261 g/mol. The zero-order chi connectivity index (χ0) is 13.1. The Labute approximate surface area is 107 Å². The van der Waals surface area contributed by atoms with Crippen LogP contribution in [0.2, 0.25) is 0 Å². The van der Waals surface area contributed by atoms with E-state index in [9.17, 15) is 4.89 Å². The van der Waals surface area contributed by atoms with Crippen LogP contribution in [-0.2, 0) is 4.52 Å². The summed E-state index contributed by atoms with van der Waals surface area (Å²) in [6.45, 7) is 11.4. The van der Waals surface area contributed by atoms with E-state index in [-0.39, 0.29) is 11.8 Å². The third kappa shape index (κ3) is 3.64. The molecule has 0 spiro atoms. The van der Waals surface area contributed by atoms with Crippen molar-refractivity contribution in [2.75, 3.05) is 6.54 Å². The molecule has 1 unspecified atom stereocenters. The molecule has 1 heterocycles. The SMILES string of the molecule is CCCC[C@H](C)[P+]1([O-])O[C@@H](C)CCN1C(C)C. The Morgan fingerprint density at radius 2 is 2.06 bits per heavy atom. The summed E-state index contributed by atoms with van der Waals surface area (Å²) < 4.78 is 7.99. The van der Waals surface area contributed by atoms with Crippen molar-refractivity contribution in [2.24, 2.45) is 0 Å². The molecule has 102 valence electrons. The van der Waals surface area contributed by atoms with E-state index in [1.54, 1.807) is 0 Å². The van der Waals surface area contributed by atoms with E-state index < -0.39 is 7.87 Å². The van der Waals surface area contributed by atoms with Crippen LogP contribution >= 0.6 is 7.87 Å². The Hall–Kier alpha value is 0.310. The van der Waals surface area contributed by atoms with Crippen molar-refractivity contribution in [3.8, 4) is 0 Å². The van der Waals surface area contributed by atoms with E-state index >= 15 is 0 Å². The first-order valence-corrected chi connectivity index (χ1v) is 8.61. The van der Waals surface area contributed by atoms with E-state index in [2.05, 4.69) is 32.4 Å². The van der Waals surface area contributed by atoms with E-state index in [0.717, 1.165) is 32.2 Å². The summed E-state index contributed by atoms with van der Waals surface area (Å²) in [4.78, 5) is 13.1. The predicted molar refractivity (Wildman–Crippen MR) is 72.9 cm³/mol. The predicted octanol–water partition coefficient (Wildman–Crippen LogP) is 3.21. The molecule has 0 bridgehead atoms. The molecule has 0 N–H and O–H groups in total. The Kier molecular flexibility index (Phi) is 5.85. The van der Waals surface area contributed by atoms with Gasteiger partial charge in [-0.2, -0.15) is 4.67 Å². The fourth-order valence-corrected chi connectivity index (χ4v) is 5.43. The molecule has 0 saturated carbocycles. The molecular weight excluding hydrogens is 233 g/mol. The summed E-state index contributed by atoms with van der Waals surface area (Å²) in [7, 11) is -2.62. The minimum Gasteiger partial charge on any atom is -0.641 e. The molecule has 0 aliphatic carbocycles. The summed E-state index contributed by atoms with van der Waals surface area (Å²) >= 11 is 0. The molecular formula is C13H28NO2P. The molecule has 1 rings (SSSR count). The number of nitrogens with zero attached hydrogens (tertiary/aromatic N) is 1. The number of rotatable bonds is 5. The first kappa shape index (κ1) is 15.4. The number of unbranched alkanes of at least 4 members (excludes halogenated alkanes) is 1. The fraction of sp³-hybridized carbons (Fsp3) is 1.00. The highest BCUT2D eigenvalue weighted by Gasteiger charge is 2.47. The molecule has 0 aromatic rings. The van der Waals surface area contributed by atoms with E-state index in [4.69, 9.17) is 4.52 Å². The Balaban J connectivity index is 2.77. The zero-order valence-electron chi connectivity index (χ0n) is 12.0. The number of hydrogen-bond acceptors (Lipinski definition) is 3. The first-order valence-electron chi connectivity index (χ1n) is 6.97. The van der Waals surface area contributed by atoms with Crippen molar-refractivity contribution in [1.82, 2.24) is 4.67 Å². The minimum atomic E-state index is -2.62. The summed E-state index contributed by atoms with van der Waals surface area (Å²) in [5.74, 6) is 0. The van der Waals surface area contributed by atoms with Gasteiger partial charge in [0.1, 0.15) is 11.8 Å². The van der Waals surface area contributed by atoms with Crippen LogP contribution in [0.25, 0.3) is 0 Å². The molecule has 0 amide bonds. The zero-order valence-corrected chi connectivity index (χ0v) is 12.9. The third-order valence-corrected chi connectivity index (χ3v) is 6.99. The molecule has 3 nitrogen and oxygen atoms in total. The monoisotopic (exact) mass is 261 g/mol. The first-order chi connectivity index (χ1) is 7.91. The van der Waals surface area contributed by atoms with Gasteiger partial charge in [-0.25, -0.2) is 4.52 Å². The maximum absolute atomic E-state index is 13.1. The second-order valence-corrected chi connectivity index (χ2v) is 8.25. The Morgan fingerprint density at radius 1 is 1.41 bits per heavy atom. The van der Waals surface area contributed by atoms with Gasteiger partial charge in [-0.1, -0.05) is 13.3 Å². The van der Waals surface area contributed by atoms with Crippen LogP contribution in [0.3, 0.4) is 0 Å². The minimum absolute atomic E-state index is 0.139. The van der Waals surface area contributed by atoms with Crippen molar-refractivity contribution in [2.45, 2.75) is 78.1 Å². The van der Waals surface area contributed by atoms with E-state index in [1.807, 2.05) is 6.92 Å². The molecule has 3 atom stereocenters. The van der Waals surface area contributed by atoms with E-state index in [1.165, 1.54) is 0 Å².